The summed E-state index contributed by atoms with van der Waals surface area (Å²) in [7, 11) is 3.81. The van der Waals surface area contributed by atoms with Crippen LogP contribution >= 0.6 is 0 Å². The summed E-state index contributed by atoms with van der Waals surface area (Å²) in [6.07, 6.45) is 4.49. The van der Waals surface area contributed by atoms with Gasteiger partial charge in [-0.1, -0.05) is 0 Å². The predicted molar refractivity (Wildman–Crippen MR) is 101 cm³/mol. The van der Waals surface area contributed by atoms with Gasteiger partial charge in [0.15, 0.2) is 18.2 Å². The first-order valence-electron chi connectivity index (χ1n) is 9.08. The molecule has 0 bridgehead atoms. The molecule has 0 spiro atoms. The van der Waals surface area contributed by atoms with Crippen LogP contribution in [0.5, 0.6) is 0 Å². The van der Waals surface area contributed by atoms with Crippen LogP contribution in [0.1, 0.15) is 41.2 Å². The Labute approximate surface area is 164 Å². The third-order valence-electron chi connectivity index (χ3n) is 4.88. The number of nitriles is 1. The zero-order chi connectivity index (χ0) is 20.3. The van der Waals surface area contributed by atoms with E-state index in [9.17, 15) is 14.7 Å². The molecule has 0 amide bonds. The Kier molecular flexibility index (Phi) is 5.55. The van der Waals surface area contributed by atoms with Crippen molar-refractivity contribution in [1.29, 1.82) is 5.26 Å². The first-order chi connectivity index (χ1) is 13.4. The zero-order valence-corrected chi connectivity index (χ0v) is 15.9. The van der Waals surface area contributed by atoms with E-state index in [1.54, 1.807) is 41.2 Å². The number of Topliss-reactive ketones (excluding diaryl/α,β-unsaturated/α-hetero) is 2. The summed E-state index contributed by atoms with van der Waals surface area (Å²) in [5.41, 5.74) is 1.77. The van der Waals surface area contributed by atoms with Gasteiger partial charge >= 0.3 is 0 Å². The third kappa shape index (κ3) is 3.79. The Morgan fingerprint density at radius 2 is 1.79 bits per heavy atom. The Morgan fingerprint density at radius 1 is 1.14 bits per heavy atom. The zero-order valence-electron chi connectivity index (χ0n) is 15.9. The van der Waals surface area contributed by atoms with E-state index in [0.29, 0.717) is 17.5 Å². The minimum Gasteiger partial charge on any atom is -0.875 e. The van der Waals surface area contributed by atoms with E-state index in [-0.39, 0.29) is 35.7 Å². The highest BCUT2D eigenvalue weighted by Gasteiger charge is 2.37. The average molecular weight is 375 g/mol. The summed E-state index contributed by atoms with van der Waals surface area (Å²) >= 11 is 0. The first-order valence-corrected chi connectivity index (χ1v) is 9.08. The number of hydrogen-bond donors (Lipinski definition) is 0. The summed E-state index contributed by atoms with van der Waals surface area (Å²) in [6, 6.07) is 10.9. The molecule has 1 aliphatic rings. The van der Waals surface area contributed by atoms with Gasteiger partial charge in [0.1, 0.15) is 0 Å². The van der Waals surface area contributed by atoms with E-state index in [2.05, 4.69) is 0 Å². The molecule has 2 aromatic rings. The number of ketones is 2. The predicted octanol–water partition coefficient (Wildman–Crippen LogP) is 1.70. The maximum absolute atomic E-state index is 13.3. The number of nitrogens with zero attached hydrogens (tertiary/aromatic N) is 3. The fraction of sp³-hybridized carbons (Fsp3) is 0.273. The van der Waals surface area contributed by atoms with Crippen LogP contribution in [-0.4, -0.2) is 25.7 Å². The molecule has 0 saturated carbocycles. The summed E-state index contributed by atoms with van der Waals surface area (Å²) in [5, 5.41) is 21.5. The maximum atomic E-state index is 13.3. The number of aromatic nitrogens is 1. The van der Waals surface area contributed by atoms with Crippen molar-refractivity contribution in [2.24, 2.45) is 0 Å². The lowest BCUT2D eigenvalue weighted by molar-refractivity contribution is -0.699. The number of anilines is 1. The quantitative estimate of drug-likeness (QED) is 0.586. The molecule has 0 N–H and O–H groups in total. The Hall–Kier alpha value is -3.46. The Bertz CT molecular complexity index is 968. The molecular formula is C22H21N3O3. The Morgan fingerprint density at radius 3 is 2.32 bits per heavy atom. The van der Waals surface area contributed by atoms with Crippen molar-refractivity contribution >= 4 is 17.3 Å². The largest absolute Gasteiger partial charge is 0.875 e. The number of carbonyl (C=O) groups excluding carboxylic acids is 2. The van der Waals surface area contributed by atoms with E-state index >= 15 is 0 Å². The SMILES string of the molecule is CN(C)c1cc[n+](C(C(=O)c2ccc(C#N)cc2)C2=C([O-])CCCC2=O)cc1. The minimum atomic E-state index is -1.01. The maximum Gasteiger partial charge on any atom is 0.248 e. The fourth-order valence-corrected chi connectivity index (χ4v) is 3.32. The second-order valence-electron chi connectivity index (χ2n) is 6.97. The molecule has 6 nitrogen and oxygen atoms in total. The van der Waals surface area contributed by atoms with Crippen molar-refractivity contribution in [3.05, 3.63) is 71.3 Å². The molecule has 1 atom stereocenters. The van der Waals surface area contributed by atoms with Gasteiger partial charge in [0.2, 0.25) is 11.8 Å². The van der Waals surface area contributed by atoms with Crippen LogP contribution in [-0.2, 0) is 4.79 Å². The number of carbonyl (C=O) groups is 2. The van der Waals surface area contributed by atoms with E-state index in [0.717, 1.165) is 5.69 Å². The number of allylic oxidation sites excluding steroid dienone is 2. The van der Waals surface area contributed by atoms with Gasteiger partial charge in [0, 0.05) is 43.9 Å². The number of rotatable bonds is 5. The average Bonchev–Trinajstić information content (AvgIpc) is 2.70. The molecule has 1 aromatic heterocycles. The third-order valence-corrected chi connectivity index (χ3v) is 4.88. The molecule has 0 radical (unpaired) electrons. The standard InChI is InChI=1S/C22H21N3O3/c1-24(2)17-10-12-25(13-11-17)21(20-18(26)4-3-5-19(20)27)22(28)16-8-6-15(14-23)7-9-16/h6-13,21H,3-5H2,1-2H3. The van der Waals surface area contributed by atoms with Crippen LogP contribution in [0.2, 0.25) is 0 Å². The monoisotopic (exact) mass is 375 g/mol. The number of hydrogen-bond acceptors (Lipinski definition) is 5. The highest BCUT2D eigenvalue weighted by atomic mass is 16.3. The van der Waals surface area contributed by atoms with Crippen LogP contribution in [0.25, 0.3) is 0 Å². The summed E-state index contributed by atoms with van der Waals surface area (Å²) in [5.74, 6) is -0.884. The van der Waals surface area contributed by atoms with Crippen LogP contribution in [0.3, 0.4) is 0 Å². The molecule has 1 aromatic carbocycles. The molecule has 0 fully saturated rings. The molecule has 0 aliphatic heterocycles. The van der Waals surface area contributed by atoms with Gasteiger partial charge in [-0.3, -0.25) is 9.59 Å². The number of benzene rings is 1. The molecule has 0 saturated heterocycles. The highest BCUT2D eigenvalue weighted by molar-refractivity contribution is 6.08. The van der Waals surface area contributed by atoms with Crippen molar-refractivity contribution in [2.75, 3.05) is 19.0 Å². The van der Waals surface area contributed by atoms with Crippen LogP contribution in [0.4, 0.5) is 5.69 Å². The van der Waals surface area contributed by atoms with Crippen LogP contribution < -0.4 is 14.6 Å². The van der Waals surface area contributed by atoms with Gasteiger partial charge in [-0.05, 0) is 37.1 Å². The molecular weight excluding hydrogens is 354 g/mol. The fourth-order valence-electron chi connectivity index (χ4n) is 3.32. The summed E-state index contributed by atoms with van der Waals surface area (Å²) < 4.78 is 1.62. The summed E-state index contributed by atoms with van der Waals surface area (Å²) in [4.78, 5) is 27.8. The van der Waals surface area contributed by atoms with Gasteiger partial charge in [-0.25, -0.2) is 0 Å². The van der Waals surface area contributed by atoms with Gasteiger partial charge in [0.25, 0.3) is 0 Å². The van der Waals surface area contributed by atoms with Crippen LogP contribution in [0.15, 0.2) is 60.1 Å². The van der Waals surface area contributed by atoms with E-state index in [1.165, 1.54) is 0 Å². The molecule has 1 aliphatic carbocycles. The summed E-state index contributed by atoms with van der Waals surface area (Å²) in [6.45, 7) is 0. The first kappa shape index (κ1) is 19.3. The molecule has 28 heavy (non-hydrogen) atoms. The van der Waals surface area contributed by atoms with E-state index in [1.807, 2.05) is 37.2 Å². The molecule has 3 rings (SSSR count). The highest BCUT2D eigenvalue weighted by Crippen LogP contribution is 2.28. The molecule has 1 unspecified atom stereocenters. The second-order valence-corrected chi connectivity index (χ2v) is 6.97. The normalized spacial score (nSPS) is 15.1. The van der Waals surface area contributed by atoms with Crippen molar-refractivity contribution in [2.45, 2.75) is 25.3 Å². The molecule has 6 heteroatoms. The van der Waals surface area contributed by atoms with Gasteiger partial charge in [-0.2, -0.15) is 9.83 Å². The minimum absolute atomic E-state index is 0.0446. The van der Waals surface area contributed by atoms with Gasteiger partial charge < -0.3 is 10.0 Å². The lowest BCUT2D eigenvalue weighted by Crippen LogP contribution is -2.47. The van der Waals surface area contributed by atoms with E-state index < -0.39 is 6.04 Å². The number of pyridine rings is 1. The van der Waals surface area contributed by atoms with Crippen molar-refractivity contribution in [3.8, 4) is 6.07 Å². The van der Waals surface area contributed by atoms with Gasteiger partial charge in [0.05, 0.1) is 17.2 Å². The lowest BCUT2D eigenvalue weighted by atomic mass is 9.87. The smallest absolute Gasteiger partial charge is 0.248 e. The molecule has 142 valence electrons. The van der Waals surface area contributed by atoms with Crippen LogP contribution in [0, 0.1) is 11.3 Å². The lowest BCUT2D eigenvalue weighted by Gasteiger charge is -2.26. The second kappa shape index (κ2) is 8.05. The van der Waals surface area contributed by atoms with Crippen molar-refractivity contribution in [3.63, 3.8) is 0 Å². The Balaban J connectivity index is 2.09. The van der Waals surface area contributed by atoms with Gasteiger partial charge in [-0.15, -0.1) is 5.76 Å². The van der Waals surface area contributed by atoms with Crippen molar-refractivity contribution < 1.29 is 19.3 Å². The van der Waals surface area contributed by atoms with E-state index in [4.69, 9.17) is 5.26 Å². The molecule has 1 heterocycles. The topological polar surface area (TPSA) is 88.1 Å². The van der Waals surface area contributed by atoms with Crippen molar-refractivity contribution in [1.82, 2.24) is 0 Å².